The van der Waals surface area contributed by atoms with Gasteiger partial charge >= 0.3 is 0 Å². The number of pyridine rings is 1. The molecule has 1 aromatic carbocycles. The van der Waals surface area contributed by atoms with Gasteiger partial charge in [0, 0.05) is 18.0 Å². The Hall–Kier alpha value is -3.28. The van der Waals surface area contributed by atoms with Crippen molar-refractivity contribution >= 4 is 12.1 Å². The van der Waals surface area contributed by atoms with Gasteiger partial charge in [-0.2, -0.15) is 5.10 Å². The summed E-state index contributed by atoms with van der Waals surface area (Å²) in [5, 5.41) is 3.83. The third kappa shape index (κ3) is 3.68. The second-order valence-electron chi connectivity index (χ2n) is 4.65. The lowest BCUT2D eigenvalue weighted by atomic mass is 10.2. The van der Waals surface area contributed by atoms with Crippen LogP contribution in [-0.4, -0.2) is 17.1 Å². The monoisotopic (exact) mass is 309 g/mol. The molecular formula is C17H12FN3O2. The number of hydrogen-bond acceptors (Lipinski definition) is 4. The number of furan rings is 1. The number of nitrogens with zero attached hydrogens (tertiary/aromatic N) is 2. The summed E-state index contributed by atoms with van der Waals surface area (Å²) < 4.78 is 18.5. The van der Waals surface area contributed by atoms with Crippen molar-refractivity contribution in [1.82, 2.24) is 10.4 Å². The number of halogens is 1. The van der Waals surface area contributed by atoms with Crippen LogP contribution in [0.2, 0.25) is 0 Å². The molecule has 0 aliphatic carbocycles. The van der Waals surface area contributed by atoms with Crippen LogP contribution < -0.4 is 5.43 Å². The molecular weight excluding hydrogens is 297 g/mol. The second-order valence-corrected chi connectivity index (χ2v) is 4.65. The number of hydrogen-bond donors (Lipinski definition) is 1. The number of nitrogens with one attached hydrogen (secondary N) is 1. The molecule has 0 saturated carbocycles. The molecule has 0 bridgehead atoms. The predicted octanol–water partition coefficient (Wildman–Crippen LogP) is 3.24. The van der Waals surface area contributed by atoms with Gasteiger partial charge in [0.2, 0.25) is 0 Å². The maximum atomic E-state index is 12.9. The summed E-state index contributed by atoms with van der Waals surface area (Å²) in [4.78, 5) is 15.6. The van der Waals surface area contributed by atoms with Crippen LogP contribution in [0.4, 0.5) is 4.39 Å². The van der Waals surface area contributed by atoms with E-state index in [1.807, 2.05) is 0 Å². The molecule has 3 rings (SSSR count). The lowest BCUT2D eigenvalue weighted by molar-refractivity contribution is 0.0954. The number of aromatic nitrogens is 1. The van der Waals surface area contributed by atoms with Crippen LogP contribution in [0.15, 0.2) is 70.4 Å². The van der Waals surface area contributed by atoms with Crippen LogP contribution in [0.25, 0.3) is 11.3 Å². The van der Waals surface area contributed by atoms with Crippen LogP contribution in [0.5, 0.6) is 0 Å². The molecule has 5 nitrogen and oxygen atoms in total. The number of hydrazone groups is 1. The van der Waals surface area contributed by atoms with Gasteiger partial charge in [-0.1, -0.05) is 0 Å². The van der Waals surface area contributed by atoms with E-state index in [-0.39, 0.29) is 11.7 Å². The molecule has 23 heavy (non-hydrogen) atoms. The highest BCUT2D eigenvalue weighted by molar-refractivity contribution is 5.94. The fraction of sp³-hybridized carbons (Fsp3) is 0. The molecule has 1 N–H and O–H groups in total. The minimum absolute atomic E-state index is 0.305. The quantitative estimate of drug-likeness (QED) is 0.594. The van der Waals surface area contributed by atoms with Gasteiger partial charge < -0.3 is 4.42 Å². The molecule has 0 unspecified atom stereocenters. The Morgan fingerprint density at radius 3 is 2.74 bits per heavy atom. The summed E-state index contributed by atoms with van der Waals surface area (Å²) in [6.07, 6.45) is 4.42. The highest BCUT2D eigenvalue weighted by Gasteiger charge is 2.05. The molecule has 0 radical (unpaired) electrons. The van der Waals surface area contributed by atoms with E-state index in [2.05, 4.69) is 15.5 Å². The molecule has 6 heteroatoms. The number of rotatable bonds is 4. The van der Waals surface area contributed by atoms with Gasteiger partial charge in [0.1, 0.15) is 17.3 Å². The van der Waals surface area contributed by atoms with Gasteiger partial charge in [-0.25, -0.2) is 9.82 Å². The first-order valence-electron chi connectivity index (χ1n) is 6.81. The summed E-state index contributed by atoms with van der Waals surface area (Å²) in [6, 6.07) is 12.7. The molecule has 2 heterocycles. The lowest BCUT2D eigenvalue weighted by Gasteiger charge is -1.97. The van der Waals surface area contributed by atoms with E-state index in [0.29, 0.717) is 17.1 Å². The van der Waals surface area contributed by atoms with E-state index < -0.39 is 0 Å². The normalized spacial score (nSPS) is 10.8. The van der Waals surface area contributed by atoms with Crippen molar-refractivity contribution in [3.8, 4) is 11.3 Å². The van der Waals surface area contributed by atoms with E-state index in [1.54, 1.807) is 42.6 Å². The van der Waals surface area contributed by atoms with Crippen molar-refractivity contribution in [2.45, 2.75) is 0 Å². The van der Waals surface area contributed by atoms with E-state index in [4.69, 9.17) is 4.42 Å². The summed E-state index contributed by atoms with van der Waals surface area (Å²) in [5.74, 6) is 0.390. The van der Waals surface area contributed by atoms with Gasteiger partial charge in [0.15, 0.2) is 0 Å². The molecule has 1 amide bonds. The molecule has 0 aliphatic rings. The fourth-order valence-corrected chi connectivity index (χ4v) is 1.91. The average molecular weight is 309 g/mol. The first-order valence-corrected chi connectivity index (χ1v) is 6.81. The van der Waals surface area contributed by atoms with Crippen LogP contribution in [-0.2, 0) is 0 Å². The SMILES string of the molecule is O=C(NN=Cc1ccc(-c2ccc(F)cc2)o1)c1cccnc1. The Bertz CT molecular complexity index is 827. The Labute approximate surface area is 131 Å². The Morgan fingerprint density at radius 2 is 2.00 bits per heavy atom. The van der Waals surface area contributed by atoms with Crippen LogP contribution in [0.1, 0.15) is 16.1 Å². The molecule has 0 atom stereocenters. The van der Waals surface area contributed by atoms with Crippen LogP contribution in [0.3, 0.4) is 0 Å². The summed E-state index contributed by atoms with van der Waals surface area (Å²) in [5.41, 5.74) is 3.55. The van der Waals surface area contributed by atoms with Crippen molar-refractivity contribution in [1.29, 1.82) is 0 Å². The van der Waals surface area contributed by atoms with E-state index in [1.165, 1.54) is 24.5 Å². The molecule has 0 spiro atoms. The minimum Gasteiger partial charge on any atom is -0.455 e. The van der Waals surface area contributed by atoms with Crippen molar-refractivity contribution in [3.05, 3.63) is 78.1 Å². The largest absolute Gasteiger partial charge is 0.455 e. The molecule has 114 valence electrons. The number of amides is 1. The van der Waals surface area contributed by atoms with E-state index >= 15 is 0 Å². The summed E-state index contributed by atoms with van der Waals surface area (Å²) >= 11 is 0. The highest BCUT2D eigenvalue weighted by atomic mass is 19.1. The highest BCUT2D eigenvalue weighted by Crippen LogP contribution is 2.21. The molecule has 0 aliphatic heterocycles. The van der Waals surface area contributed by atoms with Gasteiger partial charge in [-0.3, -0.25) is 9.78 Å². The number of carbonyl (C=O) groups excluding carboxylic acids is 1. The molecule has 0 saturated heterocycles. The van der Waals surface area contributed by atoms with Crippen molar-refractivity contribution in [3.63, 3.8) is 0 Å². The predicted molar refractivity (Wildman–Crippen MR) is 83.4 cm³/mol. The summed E-state index contributed by atoms with van der Waals surface area (Å²) in [6.45, 7) is 0. The lowest BCUT2D eigenvalue weighted by Crippen LogP contribution is -2.17. The zero-order chi connectivity index (χ0) is 16.1. The Morgan fingerprint density at radius 1 is 1.17 bits per heavy atom. The molecule has 0 fully saturated rings. The fourth-order valence-electron chi connectivity index (χ4n) is 1.91. The van der Waals surface area contributed by atoms with Gasteiger partial charge in [-0.05, 0) is 48.5 Å². The van der Waals surface area contributed by atoms with Crippen molar-refractivity contribution in [2.75, 3.05) is 0 Å². The first-order chi connectivity index (χ1) is 11.2. The van der Waals surface area contributed by atoms with Crippen LogP contribution in [0, 0.1) is 5.82 Å². The van der Waals surface area contributed by atoms with E-state index in [0.717, 1.165) is 5.56 Å². The van der Waals surface area contributed by atoms with Crippen molar-refractivity contribution < 1.29 is 13.6 Å². The topological polar surface area (TPSA) is 67.5 Å². The number of benzene rings is 1. The Kier molecular flexibility index (Phi) is 4.24. The molecule has 3 aromatic rings. The maximum Gasteiger partial charge on any atom is 0.272 e. The standard InChI is InChI=1S/C17H12FN3O2/c18-14-5-3-12(4-6-14)16-8-7-15(23-16)11-20-21-17(22)13-2-1-9-19-10-13/h1-11H,(H,21,22). The smallest absolute Gasteiger partial charge is 0.272 e. The van der Waals surface area contributed by atoms with Gasteiger partial charge in [0.05, 0.1) is 11.8 Å². The second kappa shape index (κ2) is 6.65. The maximum absolute atomic E-state index is 12.9. The first kappa shape index (κ1) is 14.6. The average Bonchev–Trinajstić information content (AvgIpc) is 3.05. The van der Waals surface area contributed by atoms with E-state index in [9.17, 15) is 9.18 Å². The van der Waals surface area contributed by atoms with Crippen molar-refractivity contribution in [2.24, 2.45) is 5.10 Å². The Balaban J connectivity index is 1.65. The zero-order valence-corrected chi connectivity index (χ0v) is 11.9. The third-order valence-electron chi connectivity index (χ3n) is 3.04. The summed E-state index contributed by atoms with van der Waals surface area (Å²) in [7, 11) is 0. The van der Waals surface area contributed by atoms with Gasteiger partial charge in [0.25, 0.3) is 5.91 Å². The van der Waals surface area contributed by atoms with Crippen LogP contribution >= 0.6 is 0 Å². The zero-order valence-electron chi connectivity index (χ0n) is 11.9. The minimum atomic E-state index is -0.361. The third-order valence-corrected chi connectivity index (χ3v) is 3.04. The number of carbonyl (C=O) groups is 1. The molecule has 2 aromatic heterocycles. The van der Waals surface area contributed by atoms with Gasteiger partial charge in [-0.15, -0.1) is 0 Å².